The summed E-state index contributed by atoms with van der Waals surface area (Å²) in [5.74, 6) is 0.594. The van der Waals surface area contributed by atoms with Crippen molar-refractivity contribution in [2.75, 3.05) is 26.2 Å². The molecule has 20 heavy (non-hydrogen) atoms. The van der Waals surface area contributed by atoms with E-state index in [4.69, 9.17) is 4.74 Å². The Morgan fingerprint density at radius 3 is 2.35 bits per heavy atom. The lowest BCUT2D eigenvalue weighted by atomic mass is 10.1. The van der Waals surface area contributed by atoms with Crippen molar-refractivity contribution in [1.29, 1.82) is 0 Å². The maximum Gasteiger partial charge on any atom is 0.233 e. The Bertz CT molecular complexity index is 368. The fraction of sp³-hybridized carbons (Fsp3) is 0.733. The van der Waals surface area contributed by atoms with Crippen LogP contribution < -0.4 is 10.1 Å². The van der Waals surface area contributed by atoms with E-state index in [1.54, 1.807) is 0 Å². The highest BCUT2D eigenvalue weighted by Gasteiger charge is 2.09. The second kappa shape index (κ2) is 8.17. The van der Waals surface area contributed by atoms with Crippen LogP contribution in [0.25, 0.3) is 0 Å². The number of nitrogens with one attached hydrogen (secondary N) is 1. The Morgan fingerprint density at radius 1 is 1.15 bits per heavy atom. The van der Waals surface area contributed by atoms with Crippen LogP contribution in [0.15, 0.2) is 12.1 Å². The minimum absolute atomic E-state index is 0.0839. The van der Waals surface area contributed by atoms with Gasteiger partial charge in [0.15, 0.2) is 0 Å². The molecule has 0 aromatic carbocycles. The third-order valence-corrected chi connectivity index (χ3v) is 3.05. The summed E-state index contributed by atoms with van der Waals surface area (Å²) in [7, 11) is 0. The van der Waals surface area contributed by atoms with Gasteiger partial charge in [-0.3, -0.25) is 0 Å². The minimum Gasteiger partial charge on any atom is -0.475 e. The van der Waals surface area contributed by atoms with Crippen LogP contribution in [-0.4, -0.2) is 46.9 Å². The predicted octanol–water partition coefficient (Wildman–Crippen LogP) is 2.09. The number of aromatic nitrogens is 2. The Labute approximate surface area is 122 Å². The molecular formula is C15H28N4O. The van der Waals surface area contributed by atoms with Gasteiger partial charge in [0.05, 0.1) is 5.69 Å². The van der Waals surface area contributed by atoms with Gasteiger partial charge < -0.3 is 15.0 Å². The molecule has 0 radical (unpaired) electrons. The molecule has 0 unspecified atom stereocenters. The molecule has 0 fully saturated rings. The summed E-state index contributed by atoms with van der Waals surface area (Å²) in [5.41, 5.74) is 1.01. The third kappa shape index (κ3) is 6.82. The van der Waals surface area contributed by atoms with E-state index in [9.17, 15) is 0 Å². The lowest BCUT2D eigenvalue weighted by molar-refractivity contribution is 0.216. The predicted molar refractivity (Wildman–Crippen MR) is 81.9 cm³/mol. The summed E-state index contributed by atoms with van der Waals surface area (Å²) in [6, 6.07) is 3.84. The van der Waals surface area contributed by atoms with Crippen LogP contribution in [-0.2, 0) is 6.54 Å². The number of hydrogen-bond donors (Lipinski definition) is 1. The summed E-state index contributed by atoms with van der Waals surface area (Å²) < 4.78 is 5.60. The second-order valence-corrected chi connectivity index (χ2v) is 5.84. The number of rotatable bonds is 8. The maximum absolute atomic E-state index is 5.60. The molecule has 0 aliphatic carbocycles. The molecule has 0 saturated heterocycles. The SMILES string of the molecule is CCN(CC)CCOc1ccc(CNC(C)(C)C)nn1. The zero-order valence-electron chi connectivity index (χ0n) is 13.4. The normalized spacial score (nSPS) is 11.9. The smallest absolute Gasteiger partial charge is 0.233 e. The van der Waals surface area contributed by atoms with Crippen LogP contribution in [0.2, 0.25) is 0 Å². The Balaban J connectivity index is 2.35. The molecule has 0 bridgehead atoms. The van der Waals surface area contributed by atoms with Crippen molar-refractivity contribution in [3.05, 3.63) is 17.8 Å². The highest BCUT2D eigenvalue weighted by atomic mass is 16.5. The van der Waals surface area contributed by atoms with Crippen molar-refractivity contribution in [3.63, 3.8) is 0 Å². The first-order valence-electron chi connectivity index (χ1n) is 7.37. The van der Waals surface area contributed by atoms with Crippen LogP contribution in [0, 0.1) is 0 Å². The second-order valence-electron chi connectivity index (χ2n) is 5.84. The minimum atomic E-state index is 0.0839. The quantitative estimate of drug-likeness (QED) is 0.790. The first kappa shape index (κ1) is 16.9. The molecule has 5 heteroatoms. The van der Waals surface area contributed by atoms with Crippen molar-refractivity contribution in [2.24, 2.45) is 0 Å². The van der Waals surface area contributed by atoms with Crippen molar-refractivity contribution in [3.8, 4) is 5.88 Å². The molecule has 1 rings (SSSR count). The monoisotopic (exact) mass is 280 g/mol. The van der Waals surface area contributed by atoms with Gasteiger partial charge in [0.2, 0.25) is 5.88 Å². The molecule has 0 amide bonds. The summed E-state index contributed by atoms with van der Waals surface area (Å²) in [4.78, 5) is 2.31. The molecule has 1 aromatic heterocycles. The molecule has 1 aromatic rings. The van der Waals surface area contributed by atoms with Gasteiger partial charge in [-0.1, -0.05) is 13.8 Å². The molecule has 1 heterocycles. The number of ether oxygens (including phenoxy) is 1. The van der Waals surface area contributed by atoms with Crippen LogP contribution in [0.3, 0.4) is 0 Å². The lowest BCUT2D eigenvalue weighted by Crippen LogP contribution is -2.35. The molecule has 1 N–H and O–H groups in total. The van der Waals surface area contributed by atoms with Crippen molar-refractivity contribution in [2.45, 2.75) is 46.7 Å². The fourth-order valence-electron chi connectivity index (χ4n) is 1.69. The lowest BCUT2D eigenvalue weighted by Gasteiger charge is -2.20. The van der Waals surface area contributed by atoms with Gasteiger partial charge in [-0.15, -0.1) is 5.10 Å². The first-order valence-corrected chi connectivity index (χ1v) is 7.37. The maximum atomic E-state index is 5.60. The number of nitrogens with zero attached hydrogens (tertiary/aromatic N) is 3. The third-order valence-electron chi connectivity index (χ3n) is 3.05. The topological polar surface area (TPSA) is 50.3 Å². The highest BCUT2D eigenvalue weighted by molar-refractivity contribution is 5.11. The molecule has 0 atom stereocenters. The van der Waals surface area contributed by atoms with E-state index in [1.807, 2.05) is 12.1 Å². The number of likely N-dealkylation sites (N-methyl/N-ethyl adjacent to an activating group) is 1. The summed E-state index contributed by atoms with van der Waals surface area (Å²) in [6.07, 6.45) is 0. The standard InChI is InChI=1S/C15H28N4O/c1-6-19(7-2)10-11-20-14-9-8-13(17-18-14)12-16-15(3,4)5/h8-9,16H,6-7,10-12H2,1-5H3. The average molecular weight is 280 g/mol. The van der Waals surface area contributed by atoms with E-state index in [0.717, 1.165) is 31.9 Å². The number of hydrogen-bond acceptors (Lipinski definition) is 5. The van der Waals surface area contributed by atoms with Gasteiger partial charge in [-0.25, -0.2) is 0 Å². The van der Waals surface area contributed by atoms with E-state index >= 15 is 0 Å². The van der Waals surface area contributed by atoms with Crippen molar-refractivity contribution >= 4 is 0 Å². The molecular weight excluding hydrogens is 252 g/mol. The van der Waals surface area contributed by atoms with Crippen molar-refractivity contribution < 1.29 is 4.74 Å². The molecule has 114 valence electrons. The Hall–Kier alpha value is -1.20. The summed E-state index contributed by atoms with van der Waals surface area (Å²) >= 11 is 0. The van der Waals surface area contributed by atoms with Crippen LogP contribution in [0.1, 0.15) is 40.3 Å². The van der Waals surface area contributed by atoms with Crippen LogP contribution >= 0.6 is 0 Å². The van der Waals surface area contributed by atoms with Gasteiger partial charge in [-0.05, 0) is 39.9 Å². The molecule has 0 aliphatic heterocycles. The van der Waals surface area contributed by atoms with Crippen molar-refractivity contribution in [1.82, 2.24) is 20.4 Å². The van der Waals surface area contributed by atoms with Crippen LogP contribution in [0.5, 0.6) is 5.88 Å². The van der Waals surface area contributed by atoms with Gasteiger partial charge >= 0.3 is 0 Å². The molecule has 0 spiro atoms. The largest absolute Gasteiger partial charge is 0.475 e. The van der Waals surface area contributed by atoms with E-state index in [-0.39, 0.29) is 5.54 Å². The van der Waals surface area contributed by atoms with E-state index in [1.165, 1.54) is 0 Å². The molecule has 0 saturated carbocycles. The van der Waals surface area contributed by atoms with E-state index < -0.39 is 0 Å². The summed E-state index contributed by atoms with van der Waals surface area (Å²) in [6.45, 7) is 15.1. The fourth-order valence-corrected chi connectivity index (χ4v) is 1.69. The van der Waals surface area contributed by atoms with Gasteiger partial charge in [0.25, 0.3) is 0 Å². The van der Waals surface area contributed by atoms with E-state index in [0.29, 0.717) is 12.5 Å². The molecule has 0 aliphatic rings. The highest BCUT2D eigenvalue weighted by Crippen LogP contribution is 2.06. The zero-order chi connectivity index (χ0) is 15.0. The van der Waals surface area contributed by atoms with Gasteiger partial charge in [-0.2, -0.15) is 5.10 Å². The average Bonchev–Trinajstić information content (AvgIpc) is 2.42. The Kier molecular flexibility index (Phi) is 6.88. The van der Waals surface area contributed by atoms with Gasteiger partial charge in [0, 0.05) is 24.7 Å². The first-order chi connectivity index (χ1) is 9.44. The van der Waals surface area contributed by atoms with Crippen LogP contribution in [0.4, 0.5) is 0 Å². The molecule has 5 nitrogen and oxygen atoms in total. The van der Waals surface area contributed by atoms with Gasteiger partial charge in [0.1, 0.15) is 6.61 Å². The summed E-state index contributed by atoms with van der Waals surface area (Å²) in [5, 5.41) is 11.6. The Morgan fingerprint density at radius 2 is 1.85 bits per heavy atom. The van der Waals surface area contributed by atoms with E-state index in [2.05, 4.69) is 55.0 Å². The zero-order valence-corrected chi connectivity index (χ0v) is 13.4.